The predicted molar refractivity (Wildman–Crippen MR) is 166 cm³/mol. The molecule has 15 heteroatoms. The van der Waals surface area contributed by atoms with E-state index in [-0.39, 0.29) is 28.5 Å². The molecule has 1 spiro atoms. The molecule has 12 nitrogen and oxygen atoms in total. The quantitative estimate of drug-likeness (QED) is 0.230. The van der Waals surface area contributed by atoms with Gasteiger partial charge in [0.25, 0.3) is 0 Å². The van der Waals surface area contributed by atoms with Gasteiger partial charge in [-0.1, -0.05) is 12.1 Å². The third-order valence-corrected chi connectivity index (χ3v) is 8.69. The molecule has 2 aliphatic heterocycles. The topological polar surface area (TPSA) is 154 Å². The highest BCUT2D eigenvalue weighted by molar-refractivity contribution is 5.74. The minimum Gasteiger partial charge on any atom is -0.480 e. The van der Waals surface area contributed by atoms with E-state index in [1.54, 1.807) is 49.6 Å². The first-order valence-corrected chi connectivity index (χ1v) is 15.3. The van der Waals surface area contributed by atoms with Crippen LogP contribution in [0.25, 0.3) is 16.8 Å². The SMILES string of the molecule is CCOc1ccc(-c2ccc(C(Oc3cc(N4CCC5(CC4)CN[C@H](C(=O)O)C5)nc(N)n3)C(F)(F)F)c(-n3ccc(C)n3)c2)cn1. The highest BCUT2D eigenvalue weighted by Gasteiger charge is 2.46. The average Bonchev–Trinajstić information content (AvgIpc) is 3.66. The summed E-state index contributed by atoms with van der Waals surface area (Å²) in [5.41, 5.74) is 7.73. The number of benzene rings is 1. The molecule has 47 heavy (non-hydrogen) atoms. The lowest BCUT2D eigenvalue weighted by Crippen LogP contribution is -2.41. The van der Waals surface area contributed by atoms with E-state index in [1.807, 2.05) is 11.8 Å². The van der Waals surface area contributed by atoms with Gasteiger partial charge in [-0.15, -0.1) is 0 Å². The number of halogens is 3. The predicted octanol–water partition coefficient (Wildman–Crippen LogP) is 4.73. The van der Waals surface area contributed by atoms with Crippen molar-refractivity contribution in [2.45, 2.75) is 51.4 Å². The van der Waals surface area contributed by atoms with Crippen LogP contribution < -0.4 is 25.4 Å². The normalized spacial score (nSPS) is 18.3. The molecule has 2 fully saturated rings. The molecule has 0 radical (unpaired) electrons. The third-order valence-electron chi connectivity index (χ3n) is 8.69. The Morgan fingerprint density at radius 2 is 1.89 bits per heavy atom. The molecule has 1 unspecified atom stereocenters. The van der Waals surface area contributed by atoms with E-state index in [9.17, 15) is 23.1 Å². The van der Waals surface area contributed by atoms with Crippen LogP contribution in [0.5, 0.6) is 11.8 Å². The summed E-state index contributed by atoms with van der Waals surface area (Å²) in [6.45, 7) is 5.69. The molecule has 248 valence electrons. The van der Waals surface area contributed by atoms with Gasteiger partial charge in [0, 0.05) is 55.3 Å². The van der Waals surface area contributed by atoms with Crippen molar-refractivity contribution in [2.24, 2.45) is 5.41 Å². The number of aryl methyl sites for hydroxylation is 1. The maximum absolute atomic E-state index is 14.8. The number of nitrogens with zero attached hydrogens (tertiary/aromatic N) is 6. The summed E-state index contributed by atoms with van der Waals surface area (Å²) in [6, 6.07) is 10.5. The lowest BCUT2D eigenvalue weighted by Gasteiger charge is -2.39. The molecule has 3 aromatic heterocycles. The smallest absolute Gasteiger partial charge is 0.429 e. The van der Waals surface area contributed by atoms with E-state index < -0.39 is 24.3 Å². The Hall–Kier alpha value is -4.92. The first kappa shape index (κ1) is 32.0. The molecular weight excluding hydrogens is 617 g/mol. The van der Waals surface area contributed by atoms with Crippen molar-refractivity contribution in [2.75, 3.05) is 36.9 Å². The number of anilines is 2. The van der Waals surface area contributed by atoms with Crippen LogP contribution in [-0.4, -0.2) is 74.3 Å². The van der Waals surface area contributed by atoms with Crippen molar-refractivity contribution in [1.82, 2.24) is 30.0 Å². The largest absolute Gasteiger partial charge is 0.480 e. The van der Waals surface area contributed by atoms with E-state index in [1.165, 1.54) is 16.8 Å². The Morgan fingerprint density at radius 1 is 1.13 bits per heavy atom. The zero-order valence-electron chi connectivity index (χ0n) is 25.9. The van der Waals surface area contributed by atoms with Crippen molar-refractivity contribution in [1.29, 1.82) is 0 Å². The molecule has 6 rings (SSSR count). The van der Waals surface area contributed by atoms with Crippen LogP contribution in [0.15, 0.2) is 54.9 Å². The second-order valence-corrected chi connectivity index (χ2v) is 11.9. The maximum Gasteiger partial charge on any atom is 0.429 e. The number of carboxylic acids is 1. The Bertz CT molecular complexity index is 1740. The number of hydrogen-bond acceptors (Lipinski definition) is 10. The van der Waals surface area contributed by atoms with Gasteiger partial charge in [0.05, 0.1) is 18.0 Å². The minimum absolute atomic E-state index is 0.159. The van der Waals surface area contributed by atoms with E-state index >= 15 is 0 Å². The lowest BCUT2D eigenvalue weighted by atomic mass is 9.76. The maximum atomic E-state index is 14.8. The fourth-order valence-electron chi connectivity index (χ4n) is 6.24. The van der Waals surface area contributed by atoms with Crippen LogP contribution >= 0.6 is 0 Å². The fourth-order valence-corrected chi connectivity index (χ4v) is 6.24. The Kier molecular flexibility index (Phi) is 8.66. The van der Waals surface area contributed by atoms with Crippen LogP contribution in [0.3, 0.4) is 0 Å². The number of carbonyl (C=O) groups is 1. The van der Waals surface area contributed by atoms with E-state index in [0.717, 1.165) is 0 Å². The minimum atomic E-state index is -4.84. The van der Waals surface area contributed by atoms with Crippen molar-refractivity contribution in [3.8, 4) is 28.6 Å². The monoisotopic (exact) mass is 652 g/mol. The van der Waals surface area contributed by atoms with Gasteiger partial charge in [-0.2, -0.15) is 28.2 Å². The molecule has 0 bridgehead atoms. The standard InChI is InChI=1S/C32H35F3N8O4/c1-3-46-26-7-5-21(17-37-26)20-4-6-22(24(14-20)43-11-8-19(2)41-43)28(32(33,34)35)47-27-15-25(39-30(36)40-27)42-12-9-31(10-13-42)16-23(29(44)45)38-18-31/h4-8,11,14-15,17,23,28,38H,3,9-10,12-13,16,18H2,1-2H3,(H,44,45)(H2,36,39,40)/t23-,28?/m0/s1. The highest BCUT2D eigenvalue weighted by Crippen LogP contribution is 2.42. The van der Waals surface area contributed by atoms with E-state index in [4.69, 9.17) is 15.2 Å². The number of rotatable bonds is 9. The van der Waals surface area contributed by atoms with Gasteiger partial charge in [-0.05, 0) is 62.3 Å². The number of nitrogen functional groups attached to an aromatic ring is 1. The number of nitrogens with two attached hydrogens (primary N) is 1. The Labute approximate surface area is 268 Å². The van der Waals surface area contributed by atoms with Gasteiger partial charge in [-0.3, -0.25) is 4.79 Å². The number of hydrogen-bond donors (Lipinski definition) is 3. The van der Waals surface area contributed by atoms with Gasteiger partial charge in [0.15, 0.2) is 0 Å². The summed E-state index contributed by atoms with van der Waals surface area (Å²) >= 11 is 0. The van der Waals surface area contributed by atoms with Gasteiger partial charge in [-0.25, -0.2) is 9.67 Å². The van der Waals surface area contributed by atoms with Gasteiger partial charge in [0.2, 0.25) is 23.8 Å². The molecule has 0 amide bonds. The van der Waals surface area contributed by atoms with Gasteiger partial charge in [0.1, 0.15) is 11.9 Å². The third kappa shape index (κ3) is 6.94. The molecular formula is C32H35F3N8O4. The summed E-state index contributed by atoms with van der Waals surface area (Å²) in [6.07, 6.45) is -2.17. The van der Waals surface area contributed by atoms with Crippen LogP contribution in [-0.2, 0) is 4.79 Å². The number of pyridine rings is 1. The Balaban J connectivity index is 1.29. The number of alkyl halides is 3. The zero-order valence-corrected chi connectivity index (χ0v) is 25.9. The van der Waals surface area contributed by atoms with Gasteiger partial charge < -0.3 is 30.5 Å². The molecule has 0 aliphatic carbocycles. The molecule has 1 aromatic carbocycles. The van der Waals surface area contributed by atoms with Gasteiger partial charge >= 0.3 is 12.1 Å². The van der Waals surface area contributed by atoms with Crippen molar-refractivity contribution in [3.63, 3.8) is 0 Å². The van der Waals surface area contributed by atoms with Crippen LogP contribution in [0.1, 0.15) is 43.5 Å². The molecule has 2 aliphatic rings. The average molecular weight is 653 g/mol. The first-order valence-electron chi connectivity index (χ1n) is 15.3. The zero-order chi connectivity index (χ0) is 33.3. The highest BCUT2D eigenvalue weighted by atomic mass is 19.4. The summed E-state index contributed by atoms with van der Waals surface area (Å²) in [7, 11) is 0. The second kappa shape index (κ2) is 12.7. The molecule has 2 atom stereocenters. The number of aliphatic carboxylic acids is 1. The van der Waals surface area contributed by atoms with Crippen molar-refractivity contribution < 1.29 is 32.5 Å². The molecule has 2 saturated heterocycles. The fraction of sp³-hybridized carbons (Fsp3) is 0.406. The number of piperidine rings is 1. The first-order chi connectivity index (χ1) is 22.4. The van der Waals surface area contributed by atoms with E-state index in [0.29, 0.717) is 74.0 Å². The number of aromatic nitrogens is 5. The van der Waals surface area contributed by atoms with Crippen molar-refractivity contribution in [3.05, 3.63) is 66.1 Å². The number of nitrogens with one attached hydrogen (secondary N) is 1. The summed E-state index contributed by atoms with van der Waals surface area (Å²) in [5.74, 6) is -0.650. The molecule has 4 aromatic rings. The van der Waals surface area contributed by atoms with Crippen LogP contribution in [0, 0.1) is 12.3 Å². The lowest BCUT2D eigenvalue weighted by molar-refractivity contribution is -0.198. The molecule has 4 N–H and O–H groups in total. The number of carboxylic acid groups (broad SMARTS) is 1. The van der Waals surface area contributed by atoms with E-state index in [2.05, 4.69) is 25.4 Å². The summed E-state index contributed by atoms with van der Waals surface area (Å²) < 4.78 is 56.9. The molecule has 0 saturated carbocycles. The van der Waals surface area contributed by atoms with Crippen LogP contribution in [0.2, 0.25) is 0 Å². The number of ether oxygens (including phenoxy) is 2. The Morgan fingerprint density at radius 3 is 2.51 bits per heavy atom. The second-order valence-electron chi connectivity index (χ2n) is 11.9. The molecule has 5 heterocycles. The summed E-state index contributed by atoms with van der Waals surface area (Å²) in [4.78, 5) is 25.9. The summed E-state index contributed by atoms with van der Waals surface area (Å²) in [5, 5.41) is 16.9. The van der Waals surface area contributed by atoms with Crippen LogP contribution in [0.4, 0.5) is 24.9 Å². The van der Waals surface area contributed by atoms with Crippen molar-refractivity contribution >= 4 is 17.7 Å².